The van der Waals surface area contributed by atoms with Crippen molar-refractivity contribution >= 4 is 38.3 Å². The van der Waals surface area contributed by atoms with Crippen LogP contribution in [-0.2, 0) is 21.2 Å². The van der Waals surface area contributed by atoms with E-state index in [1.165, 1.54) is 12.1 Å². The Bertz CT molecular complexity index is 1410. The predicted molar refractivity (Wildman–Crippen MR) is 126 cm³/mol. The summed E-state index contributed by atoms with van der Waals surface area (Å²) < 4.78 is 33.5. The third kappa shape index (κ3) is 4.53. The van der Waals surface area contributed by atoms with Gasteiger partial charge in [-0.25, -0.2) is 8.42 Å². The van der Waals surface area contributed by atoms with Crippen LogP contribution in [0.5, 0.6) is 0 Å². The first-order valence-corrected chi connectivity index (χ1v) is 11.7. The first kappa shape index (κ1) is 21.6. The van der Waals surface area contributed by atoms with Gasteiger partial charge in [0.25, 0.3) is 10.0 Å². The van der Waals surface area contributed by atoms with Gasteiger partial charge in [-0.3, -0.25) is 9.52 Å². The molecule has 0 aliphatic carbocycles. The summed E-state index contributed by atoms with van der Waals surface area (Å²) in [7, 11) is -3.73. The second-order valence-electron chi connectivity index (χ2n) is 7.87. The van der Waals surface area contributed by atoms with Crippen LogP contribution in [-0.4, -0.2) is 14.3 Å². The lowest BCUT2D eigenvalue weighted by Gasteiger charge is -2.13. The van der Waals surface area contributed by atoms with Crippen molar-refractivity contribution in [2.45, 2.75) is 32.1 Å². The Hall–Kier alpha value is -3.58. The number of fused-ring (bicyclic) bond motifs is 1. The van der Waals surface area contributed by atoms with E-state index in [-0.39, 0.29) is 17.2 Å². The van der Waals surface area contributed by atoms with E-state index < -0.39 is 10.0 Å². The van der Waals surface area contributed by atoms with Crippen molar-refractivity contribution in [1.82, 2.24) is 0 Å². The van der Waals surface area contributed by atoms with Crippen molar-refractivity contribution in [2.75, 3.05) is 10.0 Å². The van der Waals surface area contributed by atoms with Crippen LogP contribution < -0.4 is 10.0 Å². The van der Waals surface area contributed by atoms with Gasteiger partial charge in [-0.05, 0) is 73.9 Å². The zero-order valence-corrected chi connectivity index (χ0v) is 18.9. The summed E-state index contributed by atoms with van der Waals surface area (Å²) in [4.78, 5) is 12.9. The largest absolute Gasteiger partial charge is 0.464 e. The summed E-state index contributed by atoms with van der Waals surface area (Å²) in [6.07, 6.45) is 1.76. The molecule has 0 unspecified atom stereocenters. The number of sulfonamides is 1. The Kier molecular flexibility index (Phi) is 5.76. The number of aryl methyl sites for hydroxylation is 3. The van der Waals surface area contributed by atoms with Crippen molar-refractivity contribution in [3.05, 3.63) is 89.2 Å². The molecule has 4 rings (SSSR count). The normalized spacial score (nSPS) is 11.5. The number of furan rings is 1. The van der Waals surface area contributed by atoms with Crippen LogP contribution in [0, 0.1) is 20.8 Å². The van der Waals surface area contributed by atoms with Gasteiger partial charge >= 0.3 is 0 Å². The van der Waals surface area contributed by atoms with Crippen molar-refractivity contribution < 1.29 is 17.6 Å². The molecule has 1 aromatic heterocycles. The molecule has 0 aliphatic rings. The van der Waals surface area contributed by atoms with Gasteiger partial charge in [0.05, 0.1) is 23.3 Å². The second kappa shape index (κ2) is 8.51. The summed E-state index contributed by atoms with van der Waals surface area (Å²) in [5, 5.41) is 3.77. The Morgan fingerprint density at radius 3 is 2.38 bits per heavy atom. The molecule has 0 saturated carbocycles. The minimum atomic E-state index is -3.73. The minimum Gasteiger partial charge on any atom is -0.464 e. The smallest absolute Gasteiger partial charge is 0.261 e. The highest BCUT2D eigenvalue weighted by Crippen LogP contribution is 2.26. The molecule has 4 aromatic rings. The average molecular weight is 449 g/mol. The number of carbonyl (C=O) groups excluding carboxylic acids is 1. The summed E-state index contributed by atoms with van der Waals surface area (Å²) in [5.74, 6) is -0.216. The average Bonchev–Trinajstić information content (AvgIpc) is 3.12. The maximum atomic E-state index is 12.7. The minimum absolute atomic E-state index is 0.147. The van der Waals surface area contributed by atoms with E-state index in [1.54, 1.807) is 49.6 Å². The standard InChI is InChI=1S/C25H24N2O4S/c1-16-9-10-20(14-23(16)27-32(29,30)21-7-5-4-6-8-21)26-25(28)13-19-15-31-24-12-18(3)17(2)11-22(19)24/h4-12,14-15,27H,13H2,1-3H3,(H,26,28). The maximum absolute atomic E-state index is 12.7. The number of hydrogen-bond acceptors (Lipinski definition) is 4. The molecule has 3 aromatic carbocycles. The first-order valence-electron chi connectivity index (χ1n) is 10.2. The van der Waals surface area contributed by atoms with Crippen LogP contribution in [0.2, 0.25) is 0 Å². The van der Waals surface area contributed by atoms with Crippen LogP contribution >= 0.6 is 0 Å². The monoisotopic (exact) mass is 448 g/mol. The Balaban J connectivity index is 1.52. The molecule has 0 aliphatic heterocycles. The van der Waals surface area contributed by atoms with Crippen LogP contribution in [0.15, 0.2) is 76.2 Å². The molecule has 7 heteroatoms. The topological polar surface area (TPSA) is 88.4 Å². The summed E-state index contributed by atoms with van der Waals surface area (Å²) in [6, 6.07) is 17.3. The highest BCUT2D eigenvalue weighted by Gasteiger charge is 2.16. The molecule has 0 atom stereocenters. The van der Waals surface area contributed by atoms with Crippen molar-refractivity contribution in [3.8, 4) is 0 Å². The fourth-order valence-electron chi connectivity index (χ4n) is 3.46. The van der Waals surface area contributed by atoms with E-state index in [0.29, 0.717) is 11.4 Å². The third-order valence-electron chi connectivity index (χ3n) is 5.44. The molecule has 2 N–H and O–H groups in total. The number of rotatable bonds is 6. The van der Waals surface area contributed by atoms with Crippen molar-refractivity contribution in [2.24, 2.45) is 0 Å². The molecular formula is C25H24N2O4S. The zero-order valence-electron chi connectivity index (χ0n) is 18.1. The molecule has 164 valence electrons. The third-order valence-corrected chi connectivity index (χ3v) is 6.82. The maximum Gasteiger partial charge on any atom is 0.261 e. The summed E-state index contributed by atoms with van der Waals surface area (Å²) in [5.41, 5.74) is 5.48. The quantitative estimate of drug-likeness (QED) is 0.417. The highest BCUT2D eigenvalue weighted by atomic mass is 32.2. The number of benzene rings is 3. The Morgan fingerprint density at radius 1 is 0.906 bits per heavy atom. The zero-order chi connectivity index (χ0) is 22.9. The van der Waals surface area contributed by atoms with Crippen molar-refractivity contribution in [3.63, 3.8) is 0 Å². The van der Waals surface area contributed by atoms with Crippen LogP contribution in [0.4, 0.5) is 11.4 Å². The van der Waals surface area contributed by atoms with Crippen LogP contribution in [0.3, 0.4) is 0 Å². The first-order chi connectivity index (χ1) is 15.2. The van der Waals surface area contributed by atoms with Gasteiger partial charge in [0, 0.05) is 16.6 Å². The second-order valence-corrected chi connectivity index (χ2v) is 9.55. The highest BCUT2D eigenvalue weighted by molar-refractivity contribution is 7.92. The molecular weight excluding hydrogens is 424 g/mol. The number of carbonyl (C=O) groups is 1. The predicted octanol–water partition coefficient (Wildman–Crippen LogP) is 5.34. The van der Waals surface area contributed by atoms with Gasteiger partial charge in [-0.1, -0.05) is 24.3 Å². The number of nitrogens with one attached hydrogen (secondary N) is 2. The Labute approximate surface area is 187 Å². The van der Waals surface area contributed by atoms with E-state index in [9.17, 15) is 13.2 Å². The van der Waals surface area contributed by atoms with E-state index >= 15 is 0 Å². The lowest BCUT2D eigenvalue weighted by molar-refractivity contribution is -0.115. The molecule has 0 spiro atoms. The lowest BCUT2D eigenvalue weighted by Crippen LogP contribution is -2.16. The fourth-order valence-corrected chi connectivity index (χ4v) is 4.61. The number of anilines is 2. The molecule has 0 saturated heterocycles. The molecule has 0 fully saturated rings. The van der Waals surface area contributed by atoms with Crippen LogP contribution in [0.1, 0.15) is 22.3 Å². The molecule has 1 heterocycles. The van der Waals surface area contributed by atoms with Gasteiger partial charge in [-0.2, -0.15) is 0 Å². The Morgan fingerprint density at radius 2 is 1.62 bits per heavy atom. The molecule has 0 bridgehead atoms. The SMILES string of the molecule is Cc1cc2occ(CC(=O)Nc3ccc(C)c(NS(=O)(=O)c4ccccc4)c3)c2cc1C. The van der Waals surface area contributed by atoms with E-state index in [4.69, 9.17) is 4.42 Å². The van der Waals surface area contributed by atoms with E-state index in [1.807, 2.05) is 26.0 Å². The van der Waals surface area contributed by atoms with Gasteiger partial charge in [0.1, 0.15) is 5.58 Å². The van der Waals surface area contributed by atoms with E-state index in [2.05, 4.69) is 10.0 Å². The molecule has 6 nitrogen and oxygen atoms in total. The molecule has 32 heavy (non-hydrogen) atoms. The lowest BCUT2D eigenvalue weighted by atomic mass is 10.0. The fraction of sp³-hybridized carbons (Fsp3) is 0.160. The number of amides is 1. The van der Waals surface area contributed by atoms with Gasteiger partial charge in [0.15, 0.2) is 0 Å². The van der Waals surface area contributed by atoms with Gasteiger partial charge in [0.2, 0.25) is 5.91 Å². The molecule has 0 radical (unpaired) electrons. The van der Waals surface area contributed by atoms with Gasteiger partial charge < -0.3 is 9.73 Å². The van der Waals surface area contributed by atoms with E-state index in [0.717, 1.165) is 33.2 Å². The number of hydrogen-bond donors (Lipinski definition) is 2. The van der Waals surface area contributed by atoms with Crippen LogP contribution in [0.25, 0.3) is 11.0 Å². The summed E-state index contributed by atoms with van der Waals surface area (Å²) >= 11 is 0. The van der Waals surface area contributed by atoms with Crippen molar-refractivity contribution in [1.29, 1.82) is 0 Å². The molecule has 1 amide bonds. The summed E-state index contributed by atoms with van der Waals surface area (Å²) in [6.45, 7) is 5.84. The van der Waals surface area contributed by atoms with Gasteiger partial charge in [-0.15, -0.1) is 0 Å².